The van der Waals surface area contributed by atoms with Crippen LogP contribution in [-0.2, 0) is 0 Å². The zero-order valence-corrected chi connectivity index (χ0v) is 10.9. The Morgan fingerprint density at radius 3 is 2.47 bits per heavy atom. The second kappa shape index (κ2) is 6.45. The zero-order valence-electron chi connectivity index (χ0n) is 10.9. The van der Waals surface area contributed by atoms with Gasteiger partial charge in [0, 0.05) is 19.3 Å². The minimum Gasteiger partial charge on any atom is -0.387 e. The standard InChI is InChI=1S/C13H17F3N2O/c1-3-8-18(9-13(14,15)16)12(19)10-6-4-5-7-11(10)17-2/h4-7,17H,3,8-9H2,1-2H3. The molecule has 0 saturated carbocycles. The van der Waals surface area contributed by atoms with E-state index < -0.39 is 18.6 Å². The zero-order chi connectivity index (χ0) is 14.5. The van der Waals surface area contributed by atoms with E-state index in [4.69, 9.17) is 0 Å². The van der Waals surface area contributed by atoms with Crippen molar-refractivity contribution in [3.05, 3.63) is 29.8 Å². The van der Waals surface area contributed by atoms with E-state index in [2.05, 4.69) is 5.32 Å². The van der Waals surface area contributed by atoms with Gasteiger partial charge in [0.2, 0.25) is 0 Å². The molecule has 1 N–H and O–H groups in total. The van der Waals surface area contributed by atoms with Crippen molar-refractivity contribution in [2.24, 2.45) is 0 Å². The van der Waals surface area contributed by atoms with Crippen molar-refractivity contribution in [2.75, 3.05) is 25.5 Å². The van der Waals surface area contributed by atoms with Gasteiger partial charge in [-0.15, -0.1) is 0 Å². The lowest BCUT2D eigenvalue weighted by atomic mass is 10.1. The Bertz CT molecular complexity index is 432. The van der Waals surface area contributed by atoms with E-state index in [1.165, 1.54) is 6.07 Å². The Hall–Kier alpha value is -1.72. The molecule has 3 nitrogen and oxygen atoms in total. The summed E-state index contributed by atoms with van der Waals surface area (Å²) in [5, 5.41) is 2.81. The maximum absolute atomic E-state index is 12.5. The van der Waals surface area contributed by atoms with E-state index in [0.717, 1.165) is 4.90 Å². The monoisotopic (exact) mass is 274 g/mol. The number of nitrogens with one attached hydrogen (secondary N) is 1. The van der Waals surface area contributed by atoms with Crippen LogP contribution in [0.3, 0.4) is 0 Å². The maximum Gasteiger partial charge on any atom is 0.406 e. The van der Waals surface area contributed by atoms with E-state index in [9.17, 15) is 18.0 Å². The summed E-state index contributed by atoms with van der Waals surface area (Å²) in [6.07, 6.45) is -3.91. The molecule has 0 aliphatic carbocycles. The highest BCUT2D eigenvalue weighted by Crippen LogP contribution is 2.21. The Kier molecular flexibility index (Phi) is 5.20. The fraction of sp³-hybridized carbons (Fsp3) is 0.462. The number of rotatable bonds is 5. The molecule has 1 aromatic carbocycles. The van der Waals surface area contributed by atoms with Crippen LogP contribution in [0.15, 0.2) is 24.3 Å². The molecule has 6 heteroatoms. The van der Waals surface area contributed by atoms with Gasteiger partial charge < -0.3 is 10.2 Å². The van der Waals surface area contributed by atoms with Crippen LogP contribution in [0.25, 0.3) is 0 Å². The highest BCUT2D eigenvalue weighted by molar-refractivity contribution is 5.99. The summed E-state index contributed by atoms with van der Waals surface area (Å²) in [6.45, 7) is 0.592. The molecule has 0 saturated heterocycles. The first-order chi connectivity index (χ1) is 8.89. The molecule has 106 valence electrons. The smallest absolute Gasteiger partial charge is 0.387 e. The van der Waals surface area contributed by atoms with Crippen LogP contribution in [0.1, 0.15) is 23.7 Å². The summed E-state index contributed by atoms with van der Waals surface area (Å²) in [5.74, 6) is -0.607. The molecule has 0 aliphatic heterocycles. The predicted molar refractivity (Wildman–Crippen MR) is 68.2 cm³/mol. The number of hydrogen-bond acceptors (Lipinski definition) is 2. The lowest BCUT2D eigenvalue weighted by Crippen LogP contribution is -2.39. The summed E-state index contributed by atoms with van der Waals surface area (Å²) in [6, 6.07) is 6.53. The topological polar surface area (TPSA) is 32.3 Å². The molecule has 0 unspecified atom stereocenters. The van der Waals surface area contributed by atoms with Crippen LogP contribution in [-0.4, -0.2) is 37.1 Å². The molecule has 1 amide bonds. The third kappa shape index (κ3) is 4.46. The Balaban J connectivity index is 2.99. The minimum atomic E-state index is -4.39. The van der Waals surface area contributed by atoms with Crippen molar-refractivity contribution in [1.29, 1.82) is 0 Å². The summed E-state index contributed by atoms with van der Waals surface area (Å²) in [5.41, 5.74) is 0.776. The van der Waals surface area contributed by atoms with Crippen molar-refractivity contribution in [2.45, 2.75) is 19.5 Å². The molecule has 0 spiro atoms. The van der Waals surface area contributed by atoms with Gasteiger partial charge in [0.1, 0.15) is 6.54 Å². The molecule has 0 aliphatic rings. The molecular formula is C13H17F3N2O. The molecule has 0 fully saturated rings. The van der Waals surface area contributed by atoms with E-state index in [-0.39, 0.29) is 12.1 Å². The second-order valence-corrected chi connectivity index (χ2v) is 4.14. The summed E-state index contributed by atoms with van der Waals surface area (Å²) in [4.78, 5) is 13.0. The second-order valence-electron chi connectivity index (χ2n) is 4.14. The number of benzene rings is 1. The van der Waals surface area contributed by atoms with Crippen molar-refractivity contribution >= 4 is 11.6 Å². The lowest BCUT2D eigenvalue weighted by Gasteiger charge is -2.24. The van der Waals surface area contributed by atoms with Gasteiger partial charge in [-0.05, 0) is 18.6 Å². The van der Waals surface area contributed by atoms with Crippen LogP contribution >= 0.6 is 0 Å². The molecule has 0 heterocycles. The van der Waals surface area contributed by atoms with Crippen LogP contribution in [0.5, 0.6) is 0 Å². The average Bonchev–Trinajstić information content (AvgIpc) is 2.36. The maximum atomic E-state index is 12.5. The minimum absolute atomic E-state index is 0.0798. The average molecular weight is 274 g/mol. The quantitative estimate of drug-likeness (QED) is 0.894. The third-order valence-electron chi connectivity index (χ3n) is 2.58. The van der Waals surface area contributed by atoms with Crippen LogP contribution in [0, 0.1) is 0 Å². The Morgan fingerprint density at radius 1 is 1.32 bits per heavy atom. The SMILES string of the molecule is CCCN(CC(F)(F)F)C(=O)c1ccccc1NC. The first-order valence-electron chi connectivity index (χ1n) is 6.02. The highest BCUT2D eigenvalue weighted by Gasteiger charge is 2.33. The van der Waals surface area contributed by atoms with Crippen molar-refractivity contribution < 1.29 is 18.0 Å². The van der Waals surface area contributed by atoms with Gasteiger partial charge in [-0.3, -0.25) is 4.79 Å². The summed E-state index contributed by atoms with van der Waals surface area (Å²) < 4.78 is 37.4. The first-order valence-corrected chi connectivity index (χ1v) is 6.02. The van der Waals surface area contributed by atoms with Crippen molar-refractivity contribution in [3.63, 3.8) is 0 Å². The molecule has 0 bridgehead atoms. The number of carbonyl (C=O) groups is 1. The number of carbonyl (C=O) groups excluding carboxylic acids is 1. The van der Waals surface area contributed by atoms with Gasteiger partial charge in [-0.2, -0.15) is 13.2 Å². The highest BCUT2D eigenvalue weighted by atomic mass is 19.4. The van der Waals surface area contributed by atoms with E-state index in [1.54, 1.807) is 32.2 Å². The largest absolute Gasteiger partial charge is 0.406 e. The van der Waals surface area contributed by atoms with E-state index in [1.807, 2.05) is 0 Å². The number of alkyl halides is 3. The first kappa shape index (κ1) is 15.3. The molecule has 0 atom stereocenters. The Morgan fingerprint density at radius 2 is 1.95 bits per heavy atom. The van der Waals surface area contributed by atoms with E-state index >= 15 is 0 Å². The third-order valence-corrected chi connectivity index (χ3v) is 2.58. The molecule has 0 radical (unpaired) electrons. The number of para-hydroxylation sites is 1. The Labute approximate surface area is 110 Å². The van der Waals surface area contributed by atoms with Gasteiger partial charge in [0.25, 0.3) is 5.91 Å². The number of halogens is 3. The van der Waals surface area contributed by atoms with Crippen molar-refractivity contribution in [3.8, 4) is 0 Å². The van der Waals surface area contributed by atoms with E-state index in [0.29, 0.717) is 12.1 Å². The molecule has 0 aromatic heterocycles. The summed E-state index contributed by atoms with van der Waals surface area (Å²) >= 11 is 0. The predicted octanol–water partition coefficient (Wildman–Crippen LogP) is 3.14. The molecule has 19 heavy (non-hydrogen) atoms. The van der Waals surface area contributed by atoms with Gasteiger partial charge in [0.15, 0.2) is 0 Å². The molecular weight excluding hydrogens is 257 g/mol. The fourth-order valence-corrected chi connectivity index (χ4v) is 1.80. The number of amides is 1. The van der Waals surface area contributed by atoms with Gasteiger partial charge >= 0.3 is 6.18 Å². The fourth-order valence-electron chi connectivity index (χ4n) is 1.80. The summed E-state index contributed by atoms with van der Waals surface area (Å²) in [7, 11) is 1.63. The van der Waals surface area contributed by atoms with Crippen LogP contribution < -0.4 is 5.32 Å². The van der Waals surface area contributed by atoms with Gasteiger partial charge in [0.05, 0.1) is 5.56 Å². The van der Waals surface area contributed by atoms with Gasteiger partial charge in [-0.25, -0.2) is 0 Å². The number of hydrogen-bond donors (Lipinski definition) is 1. The molecule has 1 aromatic rings. The lowest BCUT2D eigenvalue weighted by molar-refractivity contribution is -0.140. The van der Waals surface area contributed by atoms with Crippen LogP contribution in [0.4, 0.5) is 18.9 Å². The number of nitrogens with zero attached hydrogens (tertiary/aromatic N) is 1. The normalized spacial score (nSPS) is 11.2. The van der Waals surface area contributed by atoms with Crippen molar-refractivity contribution in [1.82, 2.24) is 4.90 Å². The number of anilines is 1. The molecule has 1 rings (SSSR count). The van der Waals surface area contributed by atoms with Gasteiger partial charge in [-0.1, -0.05) is 19.1 Å². The van der Waals surface area contributed by atoms with Crippen LogP contribution in [0.2, 0.25) is 0 Å².